The summed E-state index contributed by atoms with van der Waals surface area (Å²) in [5.41, 5.74) is 0. The summed E-state index contributed by atoms with van der Waals surface area (Å²) in [6.07, 6.45) is 6.69. The van der Waals surface area contributed by atoms with Gasteiger partial charge in [-0.1, -0.05) is 0 Å². The lowest BCUT2D eigenvalue weighted by Crippen LogP contribution is -1.99. The lowest BCUT2D eigenvalue weighted by molar-refractivity contribution is 1.07. The van der Waals surface area contributed by atoms with Gasteiger partial charge in [0, 0.05) is 0 Å². The van der Waals surface area contributed by atoms with Crippen molar-refractivity contribution in [1.29, 1.82) is 0 Å². The first-order valence-corrected chi connectivity index (χ1v) is 3.13. The van der Waals surface area contributed by atoms with Gasteiger partial charge >= 0.3 is 0 Å². The monoisotopic (exact) mass is 112 g/mol. The van der Waals surface area contributed by atoms with E-state index in [0.29, 0.717) is 0 Å². The molecule has 0 spiro atoms. The van der Waals surface area contributed by atoms with E-state index in [9.17, 15) is 0 Å². The maximum absolute atomic E-state index is 3.04. The van der Waals surface area contributed by atoms with Gasteiger partial charge in [0.1, 0.15) is 0 Å². The van der Waals surface area contributed by atoms with Gasteiger partial charge in [0.2, 0.25) is 0 Å². The van der Waals surface area contributed by atoms with Crippen LogP contribution in [-0.2, 0) is 0 Å². The predicted octanol–water partition coefficient (Wildman–Crippen LogP) is 1.11. The van der Waals surface area contributed by atoms with Gasteiger partial charge in [0.25, 0.3) is 0 Å². The Morgan fingerprint density at radius 1 is 1.71 bits per heavy atom. The Kier molecular flexibility index (Phi) is 1.88. The van der Waals surface area contributed by atoms with Gasteiger partial charge in [-0.3, -0.25) is 0 Å². The quantitative estimate of drug-likeness (QED) is 0.504. The van der Waals surface area contributed by atoms with Gasteiger partial charge in [-0.25, -0.2) is 0 Å². The van der Waals surface area contributed by atoms with Crippen LogP contribution in [0.15, 0.2) is 17.7 Å². The molecule has 0 aromatic carbocycles. The Bertz CT molecular complexity index is 84.3. The van der Waals surface area contributed by atoms with Crippen LogP contribution in [0.3, 0.4) is 0 Å². The van der Waals surface area contributed by atoms with Crippen molar-refractivity contribution in [2.45, 2.75) is 0 Å². The number of hydrogen-bond acceptors (Lipinski definition) is 2. The van der Waals surface area contributed by atoms with E-state index in [4.69, 9.17) is 0 Å². The zero-order valence-electron chi connectivity index (χ0n) is 3.85. The van der Waals surface area contributed by atoms with Crippen LogP contribution in [0.25, 0.3) is 0 Å². The predicted molar refractivity (Wildman–Crippen MR) is 32.5 cm³/mol. The average Bonchev–Trinajstić information content (AvgIpc) is 1.90. The van der Waals surface area contributed by atoms with E-state index in [1.54, 1.807) is 11.8 Å². The van der Waals surface area contributed by atoms with Crippen LogP contribution in [0.1, 0.15) is 0 Å². The van der Waals surface area contributed by atoms with E-state index in [1.165, 1.54) is 0 Å². The molecule has 1 rings (SSSR count). The van der Waals surface area contributed by atoms with Crippen LogP contribution in [-0.4, -0.2) is 5.88 Å². The van der Waals surface area contributed by atoms with E-state index < -0.39 is 0 Å². The number of thioether (sulfide) groups is 1. The highest BCUT2D eigenvalue weighted by molar-refractivity contribution is 8.02. The Morgan fingerprint density at radius 2 is 2.71 bits per heavy atom. The van der Waals surface area contributed by atoms with Crippen LogP contribution in [0, 0.1) is 6.08 Å². The standard InChI is InChI=1S/C5H6NS/c1-2-4-7-5-6-3-1/h1,3-4,6H,5H2. The summed E-state index contributed by atoms with van der Waals surface area (Å²) in [7, 11) is 0. The first-order valence-electron chi connectivity index (χ1n) is 2.08. The molecule has 1 nitrogen and oxygen atoms in total. The molecule has 0 amide bonds. The normalized spacial score (nSPS) is 18.3. The van der Waals surface area contributed by atoms with Crippen molar-refractivity contribution in [3.63, 3.8) is 0 Å². The Labute approximate surface area is 47.5 Å². The van der Waals surface area contributed by atoms with Gasteiger partial charge in [-0.2, -0.15) is 0 Å². The van der Waals surface area contributed by atoms with E-state index in [2.05, 4.69) is 11.4 Å². The number of allylic oxidation sites excluding steroid dienone is 2. The molecule has 1 aliphatic rings. The second-order valence-electron chi connectivity index (χ2n) is 1.13. The molecule has 0 bridgehead atoms. The number of nitrogens with one attached hydrogen (secondary N) is 1. The fourth-order valence-corrected chi connectivity index (χ4v) is 0.783. The summed E-state index contributed by atoms with van der Waals surface area (Å²) in [5, 5.41) is 4.98. The van der Waals surface area contributed by atoms with Crippen LogP contribution in [0.5, 0.6) is 0 Å². The molecular weight excluding hydrogens is 106 g/mol. The van der Waals surface area contributed by atoms with Crippen LogP contribution in [0.4, 0.5) is 0 Å². The second kappa shape index (κ2) is 2.75. The summed E-state index contributed by atoms with van der Waals surface area (Å²) in [4.78, 5) is 0. The summed E-state index contributed by atoms with van der Waals surface area (Å²) in [5.74, 6) is 0.962. The molecule has 0 fully saturated rings. The first kappa shape index (κ1) is 4.78. The van der Waals surface area contributed by atoms with Gasteiger partial charge < -0.3 is 5.32 Å². The molecule has 1 aliphatic heterocycles. The highest BCUT2D eigenvalue weighted by Crippen LogP contribution is 2.00. The molecule has 0 aliphatic carbocycles. The van der Waals surface area contributed by atoms with Crippen molar-refractivity contribution in [3.05, 3.63) is 23.8 Å². The highest BCUT2D eigenvalue weighted by Gasteiger charge is 1.79. The number of rotatable bonds is 0. The summed E-state index contributed by atoms with van der Waals surface area (Å²) in [6.45, 7) is 0. The summed E-state index contributed by atoms with van der Waals surface area (Å²) >= 11 is 1.71. The van der Waals surface area contributed by atoms with Crippen molar-refractivity contribution in [2.24, 2.45) is 0 Å². The third-order valence-corrected chi connectivity index (χ3v) is 1.25. The third kappa shape index (κ3) is 1.69. The fraction of sp³-hybridized carbons (Fsp3) is 0.200. The first-order chi connectivity index (χ1) is 3.50. The van der Waals surface area contributed by atoms with Crippen molar-refractivity contribution < 1.29 is 0 Å². The second-order valence-corrected chi connectivity index (χ2v) is 1.99. The summed E-state index contributed by atoms with van der Waals surface area (Å²) in [6, 6.07) is 0. The smallest absolute Gasteiger partial charge is 0.0646 e. The molecule has 0 unspecified atom stereocenters. The Hall–Kier alpha value is -0.370. The lowest BCUT2D eigenvalue weighted by atomic mass is 10.6. The minimum Gasteiger partial charge on any atom is -0.382 e. The molecule has 2 heteroatoms. The van der Waals surface area contributed by atoms with E-state index >= 15 is 0 Å². The zero-order valence-corrected chi connectivity index (χ0v) is 4.66. The number of hydrogen-bond donors (Lipinski definition) is 1. The lowest BCUT2D eigenvalue weighted by Gasteiger charge is -1.88. The maximum atomic E-state index is 3.04. The van der Waals surface area contributed by atoms with Gasteiger partial charge in [0.05, 0.1) is 5.88 Å². The molecule has 7 heavy (non-hydrogen) atoms. The minimum atomic E-state index is 0.962. The van der Waals surface area contributed by atoms with Crippen molar-refractivity contribution in [2.75, 3.05) is 5.88 Å². The van der Waals surface area contributed by atoms with E-state index in [0.717, 1.165) is 5.88 Å². The molecular formula is C5H6NS. The molecule has 1 radical (unpaired) electrons. The third-order valence-electron chi connectivity index (χ3n) is 0.615. The molecule has 0 aromatic rings. The molecule has 37 valence electrons. The van der Waals surface area contributed by atoms with Gasteiger partial charge in [0.15, 0.2) is 0 Å². The van der Waals surface area contributed by atoms with Gasteiger partial charge in [-0.05, 0) is 23.8 Å². The molecule has 1 N–H and O–H groups in total. The molecule has 0 atom stereocenters. The highest BCUT2D eigenvalue weighted by atomic mass is 32.2. The fourth-order valence-electron chi connectivity index (χ4n) is 0.332. The summed E-state index contributed by atoms with van der Waals surface area (Å²) < 4.78 is 0. The maximum Gasteiger partial charge on any atom is 0.0646 e. The van der Waals surface area contributed by atoms with Crippen LogP contribution < -0.4 is 5.32 Å². The Balaban J connectivity index is 2.39. The van der Waals surface area contributed by atoms with Crippen molar-refractivity contribution in [3.8, 4) is 0 Å². The average molecular weight is 112 g/mol. The molecule has 0 saturated carbocycles. The van der Waals surface area contributed by atoms with Crippen LogP contribution in [0.2, 0.25) is 0 Å². The van der Waals surface area contributed by atoms with E-state index in [1.807, 2.05) is 17.7 Å². The molecule has 1 heterocycles. The topological polar surface area (TPSA) is 12.0 Å². The molecule has 0 saturated heterocycles. The zero-order chi connectivity index (χ0) is 4.95. The minimum absolute atomic E-state index is 0.962. The largest absolute Gasteiger partial charge is 0.382 e. The van der Waals surface area contributed by atoms with Gasteiger partial charge in [-0.15, -0.1) is 11.8 Å². The molecule has 0 aromatic heterocycles. The Morgan fingerprint density at radius 3 is 3.71 bits per heavy atom. The van der Waals surface area contributed by atoms with Crippen molar-refractivity contribution >= 4 is 11.8 Å². The van der Waals surface area contributed by atoms with Crippen LogP contribution >= 0.6 is 11.8 Å². The van der Waals surface area contributed by atoms with E-state index in [-0.39, 0.29) is 0 Å². The van der Waals surface area contributed by atoms with Crippen molar-refractivity contribution in [1.82, 2.24) is 5.32 Å². The SMILES string of the molecule is [C]1=CSCNC=C1.